The Morgan fingerprint density at radius 2 is 2.12 bits per heavy atom. The van der Waals surface area contributed by atoms with Gasteiger partial charge in [-0.3, -0.25) is 0 Å². The predicted molar refractivity (Wildman–Crippen MR) is 62.2 cm³/mol. The van der Waals surface area contributed by atoms with Crippen LogP contribution < -0.4 is 0 Å². The molecule has 94 valence electrons. The molecule has 0 aliphatic heterocycles. The lowest BCUT2D eigenvalue weighted by molar-refractivity contribution is -0.172. The molecular weight excluding hydrogens is 223 g/mol. The van der Waals surface area contributed by atoms with Crippen LogP contribution in [0.1, 0.15) is 32.8 Å². The molecule has 0 spiro atoms. The van der Waals surface area contributed by atoms with E-state index < -0.39 is 17.4 Å². The summed E-state index contributed by atoms with van der Waals surface area (Å²) in [4.78, 5) is 11.3. The van der Waals surface area contributed by atoms with Crippen LogP contribution in [-0.2, 0) is 15.1 Å². The molecule has 1 rings (SSSR count). The van der Waals surface area contributed by atoms with Gasteiger partial charge in [0.1, 0.15) is 5.82 Å². The van der Waals surface area contributed by atoms with Crippen molar-refractivity contribution in [2.24, 2.45) is 0 Å². The van der Waals surface area contributed by atoms with Crippen molar-refractivity contribution in [3.63, 3.8) is 0 Å². The lowest BCUT2D eigenvalue weighted by Gasteiger charge is -2.29. The number of carboxylic acid groups (broad SMARTS) is 1. The summed E-state index contributed by atoms with van der Waals surface area (Å²) in [5.41, 5.74) is -1.60. The van der Waals surface area contributed by atoms with Crippen molar-refractivity contribution in [1.29, 1.82) is 0 Å². The van der Waals surface area contributed by atoms with Gasteiger partial charge in [0.05, 0.1) is 6.10 Å². The summed E-state index contributed by atoms with van der Waals surface area (Å²) in [5.74, 6) is -1.76. The molecule has 0 heterocycles. The highest BCUT2D eigenvalue weighted by molar-refractivity contribution is 5.79. The van der Waals surface area contributed by atoms with Crippen LogP contribution in [0.3, 0.4) is 0 Å². The molecular formula is C13H17FO3. The smallest absolute Gasteiger partial charge is 0.340 e. The van der Waals surface area contributed by atoms with Gasteiger partial charge in [0.2, 0.25) is 0 Å². The van der Waals surface area contributed by atoms with Crippen LogP contribution in [0.5, 0.6) is 0 Å². The molecule has 4 heteroatoms. The van der Waals surface area contributed by atoms with E-state index in [1.54, 1.807) is 13.0 Å². The number of aliphatic carboxylic acids is 1. The Morgan fingerprint density at radius 3 is 2.59 bits per heavy atom. The van der Waals surface area contributed by atoms with Gasteiger partial charge in [0.15, 0.2) is 5.60 Å². The van der Waals surface area contributed by atoms with E-state index in [1.165, 1.54) is 25.1 Å². The van der Waals surface area contributed by atoms with Gasteiger partial charge in [-0.2, -0.15) is 0 Å². The average molecular weight is 240 g/mol. The van der Waals surface area contributed by atoms with Crippen molar-refractivity contribution in [3.05, 3.63) is 35.6 Å². The Morgan fingerprint density at radius 1 is 1.53 bits per heavy atom. The van der Waals surface area contributed by atoms with Crippen molar-refractivity contribution in [1.82, 2.24) is 0 Å². The Balaban J connectivity index is 3.17. The van der Waals surface area contributed by atoms with E-state index in [9.17, 15) is 14.3 Å². The fraction of sp³-hybridized carbons (Fsp3) is 0.462. The Kier molecular flexibility index (Phi) is 4.23. The summed E-state index contributed by atoms with van der Waals surface area (Å²) < 4.78 is 19.1. The third-order valence-electron chi connectivity index (χ3n) is 2.81. The highest BCUT2D eigenvalue weighted by Gasteiger charge is 2.39. The first-order valence-electron chi connectivity index (χ1n) is 5.58. The van der Waals surface area contributed by atoms with Gasteiger partial charge in [-0.1, -0.05) is 25.1 Å². The minimum Gasteiger partial charge on any atom is -0.479 e. The first kappa shape index (κ1) is 13.6. The number of benzene rings is 1. The van der Waals surface area contributed by atoms with Gasteiger partial charge in [0.25, 0.3) is 0 Å². The molecule has 0 aliphatic carbocycles. The summed E-state index contributed by atoms with van der Waals surface area (Å²) in [6.45, 7) is 5.02. The Hall–Kier alpha value is -1.42. The van der Waals surface area contributed by atoms with E-state index in [-0.39, 0.29) is 11.7 Å². The number of carboxylic acids is 1. The third kappa shape index (κ3) is 2.82. The van der Waals surface area contributed by atoms with E-state index >= 15 is 0 Å². The van der Waals surface area contributed by atoms with Gasteiger partial charge >= 0.3 is 5.97 Å². The van der Waals surface area contributed by atoms with E-state index in [1.807, 2.05) is 6.92 Å². The fourth-order valence-corrected chi connectivity index (χ4v) is 1.56. The van der Waals surface area contributed by atoms with E-state index in [0.29, 0.717) is 6.42 Å². The Bertz CT molecular complexity index is 405. The van der Waals surface area contributed by atoms with Crippen molar-refractivity contribution in [2.45, 2.75) is 38.9 Å². The lowest BCUT2D eigenvalue weighted by atomic mass is 9.95. The molecule has 2 unspecified atom stereocenters. The summed E-state index contributed by atoms with van der Waals surface area (Å²) in [6, 6.07) is 5.78. The molecule has 17 heavy (non-hydrogen) atoms. The van der Waals surface area contributed by atoms with Crippen LogP contribution >= 0.6 is 0 Å². The number of hydrogen-bond donors (Lipinski definition) is 1. The van der Waals surface area contributed by atoms with Crippen LogP contribution in [0.2, 0.25) is 0 Å². The first-order valence-corrected chi connectivity index (χ1v) is 5.58. The van der Waals surface area contributed by atoms with E-state index in [0.717, 1.165) is 0 Å². The minimum atomic E-state index is -1.65. The number of ether oxygens (including phenoxy) is 1. The van der Waals surface area contributed by atoms with Crippen LogP contribution in [0.25, 0.3) is 0 Å². The first-order chi connectivity index (χ1) is 7.91. The average Bonchev–Trinajstić information content (AvgIpc) is 2.28. The molecule has 1 N–H and O–H groups in total. The van der Waals surface area contributed by atoms with Crippen molar-refractivity contribution in [2.75, 3.05) is 0 Å². The number of carbonyl (C=O) groups is 1. The maximum Gasteiger partial charge on any atom is 0.340 e. The largest absolute Gasteiger partial charge is 0.479 e. The minimum absolute atomic E-state index is 0.0489. The molecule has 2 atom stereocenters. The zero-order valence-corrected chi connectivity index (χ0v) is 10.2. The molecule has 0 aromatic heterocycles. The molecule has 0 fully saturated rings. The number of rotatable bonds is 5. The fourth-order valence-electron chi connectivity index (χ4n) is 1.56. The SMILES string of the molecule is CCC(C)OC(C)(C(=O)O)c1ccccc1F. The highest BCUT2D eigenvalue weighted by Crippen LogP contribution is 2.29. The van der Waals surface area contributed by atoms with Gasteiger partial charge in [-0.15, -0.1) is 0 Å². The maximum atomic E-state index is 13.7. The highest BCUT2D eigenvalue weighted by atomic mass is 19.1. The maximum absolute atomic E-state index is 13.7. The Labute approximate surface area is 100 Å². The van der Waals surface area contributed by atoms with Gasteiger partial charge in [-0.25, -0.2) is 9.18 Å². The summed E-state index contributed by atoms with van der Waals surface area (Å²) in [6.07, 6.45) is 0.410. The van der Waals surface area contributed by atoms with Crippen LogP contribution in [0.15, 0.2) is 24.3 Å². The topological polar surface area (TPSA) is 46.5 Å². The van der Waals surface area contributed by atoms with E-state index in [4.69, 9.17) is 4.74 Å². The summed E-state index contributed by atoms with van der Waals surface area (Å²) in [7, 11) is 0. The normalized spacial score (nSPS) is 16.2. The van der Waals surface area contributed by atoms with Gasteiger partial charge in [-0.05, 0) is 26.3 Å². The van der Waals surface area contributed by atoms with Gasteiger partial charge in [0, 0.05) is 5.56 Å². The zero-order chi connectivity index (χ0) is 13.1. The molecule has 3 nitrogen and oxygen atoms in total. The monoisotopic (exact) mass is 240 g/mol. The molecule has 0 aliphatic rings. The second kappa shape index (κ2) is 5.27. The summed E-state index contributed by atoms with van der Waals surface area (Å²) >= 11 is 0. The van der Waals surface area contributed by atoms with E-state index in [2.05, 4.69) is 0 Å². The number of hydrogen-bond acceptors (Lipinski definition) is 2. The molecule has 0 amide bonds. The lowest BCUT2D eigenvalue weighted by Crippen LogP contribution is -2.39. The van der Waals surface area contributed by atoms with Crippen LogP contribution in [0.4, 0.5) is 4.39 Å². The number of halogens is 1. The second-order valence-corrected chi connectivity index (χ2v) is 4.15. The molecule has 0 saturated heterocycles. The molecule has 0 saturated carbocycles. The molecule has 1 aromatic carbocycles. The third-order valence-corrected chi connectivity index (χ3v) is 2.81. The standard InChI is InChI=1S/C13H17FO3/c1-4-9(2)17-13(3,12(15)16)10-7-5-6-8-11(10)14/h5-9H,4H2,1-3H3,(H,15,16). The second-order valence-electron chi connectivity index (χ2n) is 4.15. The predicted octanol–water partition coefficient (Wildman–Crippen LogP) is 2.94. The van der Waals surface area contributed by atoms with Crippen molar-refractivity contribution in [3.8, 4) is 0 Å². The van der Waals surface area contributed by atoms with Crippen molar-refractivity contribution >= 4 is 5.97 Å². The zero-order valence-electron chi connectivity index (χ0n) is 10.2. The molecule has 0 radical (unpaired) electrons. The quantitative estimate of drug-likeness (QED) is 0.860. The van der Waals surface area contributed by atoms with Gasteiger partial charge < -0.3 is 9.84 Å². The van der Waals surface area contributed by atoms with Crippen LogP contribution in [0, 0.1) is 5.82 Å². The molecule has 0 bridgehead atoms. The van der Waals surface area contributed by atoms with Crippen LogP contribution in [-0.4, -0.2) is 17.2 Å². The molecule has 1 aromatic rings. The van der Waals surface area contributed by atoms with Crippen molar-refractivity contribution < 1.29 is 19.0 Å². The summed E-state index contributed by atoms with van der Waals surface area (Å²) in [5, 5.41) is 9.26.